The molecule has 0 amide bonds. The van der Waals surface area contributed by atoms with Gasteiger partial charge in [-0.3, -0.25) is 0 Å². The molecular formula is C25H27N3O. The number of aromatic amines is 1. The molecule has 2 aromatic carbocycles. The molecule has 0 saturated carbocycles. The predicted molar refractivity (Wildman–Crippen MR) is 122 cm³/mol. The van der Waals surface area contributed by atoms with Gasteiger partial charge in [-0.15, -0.1) is 0 Å². The summed E-state index contributed by atoms with van der Waals surface area (Å²) in [6.45, 7) is 2.19. The SMILES string of the molecule is CCCCC(N)c1cnc2[nH]c3ccc(/C=C/c4ccc(OC)cc4)cc3c2c1. The molecule has 2 heterocycles. The molecule has 0 radical (unpaired) electrons. The summed E-state index contributed by atoms with van der Waals surface area (Å²) in [7, 11) is 1.68. The lowest BCUT2D eigenvalue weighted by Gasteiger charge is -2.10. The normalized spacial score (nSPS) is 12.8. The Balaban J connectivity index is 1.66. The van der Waals surface area contributed by atoms with Gasteiger partial charge in [-0.05, 0) is 53.4 Å². The van der Waals surface area contributed by atoms with Gasteiger partial charge in [-0.2, -0.15) is 0 Å². The number of ether oxygens (including phenoxy) is 1. The van der Waals surface area contributed by atoms with Crippen molar-refractivity contribution in [2.75, 3.05) is 7.11 Å². The molecule has 4 nitrogen and oxygen atoms in total. The molecule has 148 valence electrons. The zero-order chi connectivity index (χ0) is 20.2. The first kappa shape index (κ1) is 19.2. The number of H-pyrrole nitrogens is 1. The van der Waals surface area contributed by atoms with Crippen LogP contribution >= 0.6 is 0 Å². The van der Waals surface area contributed by atoms with Gasteiger partial charge in [0.1, 0.15) is 11.4 Å². The molecule has 4 rings (SSSR count). The van der Waals surface area contributed by atoms with Crippen molar-refractivity contribution >= 4 is 34.1 Å². The van der Waals surface area contributed by atoms with E-state index in [1.54, 1.807) is 7.11 Å². The lowest BCUT2D eigenvalue weighted by molar-refractivity contribution is 0.415. The first-order valence-corrected chi connectivity index (χ1v) is 10.2. The Morgan fingerprint density at radius 1 is 1.03 bits per heavy atom. The monoisotopic (exact) mass is 385 g/mol. The lowest BCUT2D eigenvalue weighted by atomic mass is 10.0. The predicted octanol–water partition coefficient (Wildman–Crippen LogP) is 6.09. The van der Waals surface area contributed by atoms with Crippen LogP contribution in [0.2, 0.25) is 0 Å². The second kappa shape index (κ2) is 8.50. The van der Waals surface area contributed by atoms with E-state index < -0.39 is 0 Å². The largest absolute Gasteiger partial charge is 0.497 e. The van der Waals surface area contributed by atoms with Gasteiger partial charge >= 0.3 is 0 Å². The van der Waals surface area contributed by atoms with Gasteiger partial charge in [0.25, 0.3) is 0 Å². The van der Waals surface area contributed by atoms with Crippen molar-refractivity contribution in [1.82, 2.24) is 9.97 Å². The van der Waals surface area contributed by atoms with Gasteiger partial charge < -0.3 is 15.5 Å². The Bertz CT molecular complexity index is 1140. The van der Waals surface area contributed by atoms with E-state index in [2.05, 4.69) is 53.3 Å². The number of methoxy groups -OCH3 is 1. The Labute approximate surface area is 171 Å². The number of nitrogens with zero attached hydrogens (tertiary/aromatic N) is 1. The van der Waals surface area contributed by atoms with Crippen LogP contribution in [0.5, 0.6) is 5.75 Å². The maximum Gasteiger partial charge on any atom is 0.138 e. The van der Waals surface area contributed by atoms with Gasteiger partial charge in [0.2, 0.25) is 0 Å². The van der Waals surface area contributed by atoms with Crippen LogP contribution in [0.4, 0.5) is 0 Å². The minimum atomic E-state index is 0.0370. The number of hydrogen-bond acceptors (Lipinski definition) is 3. The number of unbranched alkanes of at least 4 members (excludes halogenated alkanes) is 1. The molecule has 0 aliphatic carbocycles. The number of hydrogen-bond donors (Lipinski definition) is 2. The third kappa shape index (κ3) is 4.17. The van der Waals surface area contributed by atoms with Crippen LogP contribution in [0.1, 0.15) is 48.9 Å². The Kier molecular flexibility index (Phi) is 5.63. The van der Waals surface area contributed by atoms with Crippen LogP contribution in [-0.2, 0) is 0 Å². The molecule has 3 N–H and O–H groups in total. The van der Waals surface area contributed by atoms with Gasteiger partial charge in [-0.1, -0.05) is 50.1 Å². The van der Waals surface area contributed by atoms with Crippen molar-refractivity contribution in [3.63, 3.8) is 0 Å². The van der Waals surface area contributed by atoms with Crippen LogP contribution in [0.25, 0.3) is 34.1 Å². The fraction of sp³-hybridized carbons (Fsp3) is 0.240. The molecule has 1 unspecified atom stereocenters. The minimum Gasteiger partial charge on any atom is -0.497 e. The van der Waals surface area contributed by atoms with Crippen molar-refractivity contribution in [2.24, 2.45) is 5.73 Å². The van der Waals surface area contributed by atoms with Crippen LogP contribution < -0.4 is 10.5 Å². The molecule has 4 aromatic rings. The zero-order valence-electron chi connectivity index (χ0n) is 17.0. The average Bonchev–Trinajstić information content (AvgIpc) is 3.13. The number of benzene rings is 2. The summed E-state index contributed by atoms with van der Waals surface area (Å²) >= 11 is 0. The average molecular weight is 386 g/mol. The van der Waals surface area contributed by atoms with Crippen LogP contribution in [0.15, 0.2) is 54.7 Å². The highest BCUT2D eigenvalue weighted by atomic mass is 16.5. The van der Waals surface area contributed by atoms with Gasteiger partial charge in [0.15, 0.2) is 0 Å². The summed E-state index contributed by atoms with van der Waals surface area (Å²) in [5.74, 6) is 0.864. The third-order valence-electron chi connectivity index (χ3n) is 5.38. The Morgan fingerprint density at radius 2 is 1.79 bits per heavy atom. The summed E-state index contributed by atoms with van der Waals surface area (Å²) in [4.78, 5) is 8.03. The maximum absolute atomic E-state index is 6.38. The molecule has 0 aliphatic rings. The number of pyridine rings is 1. The second-order valence-electron chi connectivity index (χ2n) is 7.45. The number of nitrogens with two attached hydrogens (primary N) is 1. The van der Waals surface area contributed by atoms with Gasteiger partial charge in [0.05, 0.1) is 7.11 Å². The van der Waals surface area contributed by atoms with E-state index >= 15 is 0 Å². The number of nitrogens with one attached hydrogen (secondary N) is 1. The summed E-state index contributed by atoms with van der Waals surface area (Å²) in [6, 6.07) is 16.7. The number of fused-ring (bicyclic) bond motifs is 3. The molecule has 4 heteroatoms. The summed E-state index contributed by atoms with van der Waals surface area (Å²) < 4.78 is 5.22. The van der Waals surface area contributed by atoms with Crippen molar-refractivity contribution in [2.45, 2.75) is 32.2 Å². The molecular weight excluding hydrogens is 358 g/mol. The van der Waals surface area contributed by atoms with E-state index in [1.165, 1.54) is 5.39 Å². The molecule has 0 spiro atoms. The Hall–Kier alpha value is -3.11. The molecule has 0 bridgehead atoms. The van der Waals surface area contributed by atoms with E-state index in [0.717, 1.165) is 58.3 Å². The highest BCUT2D eigenvalue weighted by Gasteiger charge is 2.11. The van der Waals surface area contributed by atoms with E-state index in [-0.39, 0.29) is 6.04 Å². The molecule has 1 atom stereocenters. The van der Waals surface area contributed by atoms with Crippen molar-refractivity contribution < 1.29 is 4.74 Å². The van der Waals surface area contributed by atoms with E-state index in [9.17, 15) is 0 Å². The first-order chi connectivity index (χ1) is 14.2. The first-order valence-electron chi connectivity index (χ1n) is 10.2. The molecule has 0 saturated heterocycles. The van der Waals surface area contributed by atoms with Gasteiger partial charge in [0, 0.05) is 28.5 Å². The quantitative estimate of drug-likeness (QED) is 0.379. The fourth-order valence-electron chi connectivity index (χ4n) is 3.61. The summed E-state index contributed by atoms with van der Waals surface area (Å²) in [6.07, 6.45) is 9.42. The van der Waals surface area contributed by atoms with E-state index in [1.807, 2.05) is 30.5 Å². The highest BCUT2D eigenvalue weighted by molar-refractivity contribution is 6.06. The third-order valence-corrected chi connectivity index (χ3v) is 5.38. The second-order valence-corrected chi connectivity index (χ2v) is 7.45. The van der Waals surface area contributed by atoms with Crippen LogP contribution in [0, 0.1) is 0 Å². The van der Waals surface area contributed by atoms with Crippen molar-refractivity contribution in [3.8, 4) is 5.75 Å². The molecule has 2 aromatic heterocycles. The van der Waals surface area contributed by atoms with E-state index in [0.29, 0.717) is 0 Å². The van der Waals surface area contributed by atoms with E-state index in [4.69, 9.17) is 10.5 Å². The molecule has 0 fully saturated rings. The summed E-state index contributed by atoms with van der Waals surface area (Å²) in [5, 5.41) is 2.30. The highest BCUT2D eigenvalue weighted by Crippen LogP contribution is 2.28. The molecule has 0 aliphatic heterocycles. The zero-order valence-corrected chi connectivity index (χ0v) is 17.0. The Morgan fingerprint density at radius 3 is 2.55 bits per heavy atom. The summed E-state index contributed by atoms with van der Waals surface area (Å²) in [5.41, 5.74) is 11.8. The maximum atomic E-state index is 6.38. The topological polar surface area (TPSA) is 63.9 Å². The standard InChI is InChI=1S/C25H27N3O/c1-3-4-5-23(26)19-15-22-21-14-18(10-13-24(21)28-25(22)27-16-19)7-6-17-8-11-20(29-2)12-9-17/h6-16,23H,3-5,26H2,1-2H3,(H,27,28)/b7-6+. The number of aromatic nitrogens is 2. The fourth-order valence-corrected chi connectivity index (χ4v) is 3.61. The van der Waals surface area contributed by atoms with Crippen molar-refractivity contribution in [3.05, 3.63) is 71.4 Å². The van der Waals surface area contributed by atoms with Crippen LogP contribution in [0.3, 0.4) is 0 Å². The molecule has 29 heavy (non-hydrogen) atoms. The van der Waals surface area contributed by atoms with Crippen molar-refractivity contribution in [1.29, 1.82) is 0 Å². The lowest BCUT2D eigenvalue weighted by Crippen LogP contribution is -2.10. The smallest absolute Gasteiger partial charge is 0.138 e. The van der Waals surface area contributed by atoms with Crippen LogP contribution in [-0.4, -0.2) is 17.1 Å². The number of rotatable bonds is 7. The minimum absolute atomic E-state index is 0.0370. The van der Waals surface area contributed by atoms with Gasteiger partial charge in [-0.25, -0.2) is 4.98 Å².